The predicted molar refractivity (Wildman–Crippen MR) is 131 cm³/mol. The van der Waals surface area contributed by atoms with E-state index in [4.69, 9.17) is 5.41 Å². The lowest BCUT2D eigenvalue weighted by atomic mass is 10.1. The average molecular weight is 390 g/mol. The molecular weight excluding hydrogens is 354 g/mol. The first kappa shape index (κ1) is 25.8. The molecule has 0 radical (unpaired) electrons. The summed E-state index contributed by atoms with van der Waals surface area (Å²) in [5.74, 6) is 0. The summed E-state index contributed by atoms with van der Waals surface area (Å²) < 4.78 is 0. The largest absolute Gasteiger partial charge is 0.359 e. The first-order valence-electron chi connectivity index (χ1n) is 10.1. The van der Waals surface area contributed by atoms with Gasteiger partial charge in [-0.2, -0.15) is 0 Å². The summed E-state index contributed by atoms with van der Waals surface area (Å²) in [6, 6.07) is 20.8. The summed E-state index contributed by atoms with van der Waals surface area (Å²) in [6.07, 6.45) is 4.38. The second-order valence-corrected chi connectivity index (χ2v) is 5.64. The molecule has 2 N–H and O–H groups in total. The Morgan fingerprint density at radius 1 is 0.862 bits per heavy atom. The Morgan fingerprint density at radius 3 is 2.10 bits per heavy atom. The normalized spacial score (nSPS) is 8.62. The Morgan fingerprint density at radius 2 is 1.48 bits per heavy atom. The minimum absolute atomic E-state index is 1.08. The summed E-state index contributed by atoms with van der Waals surface area (Å²) in [5.41, 5.74) is 4.78. The van der Waals surface area contributed by atoms with Crippen LogP contribution in [-0.4, -0.2) is 16.2 Å². The number of fused-ring (bicyclic) bond motifs is 2. The van der Waals surface area contributed by atoms with Crippen LogP contribution in [0.3, 0.4) is 0 Å². The van der Waals surface area contributed by atoms with Crippen LogP contribution in [0.15, 0.2) is 79.5 Å². The SMILES string of the molecule is C=CC=N.CC.CC.Cc1cc2ccccc2[nH]1.Cc1ccc2cccnc2c1. The molecule has 3 heteroatoms. The summed E-state index contributed by atoms with van der Waals surface area (Å²) in [5, 5.41) is 8.71. The molecule has 0 aliphatic carbocycles. The number of H-pyrrole nitrogens is 1. The lowest BCUT2D eigenvalue weighted by Gasteiger charge is -1.95. The molecule has 0 atom stereocenters. The average Bonchev–Trinajstić information content (AvgIpc) is 3.17. The first-order chi connectivity index (χ1) is 14.1. The third-order valence-corrected chi connectivity index (χ3v) is 3.54. The summed E-state index contributed by atoms with van der Waals surface area (Å²) in [4.78, 5) is 7.50. The smallest absolute Gasteiger partial charge is 0.0704 e. The number of aromatic amines is 1. The molecule has 154 valence electrons. The molecule has 3 nitrogen and oxygen atoms in total. The van der Waals surface area contributed by atoms with Crippen molar-refractivity contribution < 1.29 is 0 Å². The third kappa shape index (κ3) is 9.52. The lowest BCUT2D eigenvalue weighted by molar-refractivity contribution is 1.30. The molecule has 2 heterocycles. The van der Waals surface area contributed by atoms with Crippen LogP contribution in [0.4, 0.5) is 0 Å². The van der Waals surface area contributed by atoms with E-state index in [-0.39, 0.29) is 0 Å². The number of hydrogen-bond acceptors (Lipinski definition) is 2. The van der Waals surface area contributed by atoms with E-state index >= 15 is 0 Å². The number of benzene rings is 2. The molecule has 2 aromatic heterocycles. The van der Waals surface area contributed by atoms with E-state index < -0.39 is 0 Å². The van der Waals surface area contributed by atoms with Gasteiger partial charge < -0.3 is 10.4 Å². The molecule has 0 amide bonds. The topological polar surface area (TPSA) is 52.5 Å². The van der Waals surface area contributed by atoms with Crippen molar-refractivity contribution in [2.75, 3.05) is 0 Å². The van der Waals surface area contributed by atoms with Crippen LogP contribution in [0.2, 0.25) is 0 Å². The van der Waals surface area contributed by atoms with E-state index in [1.54, 1.807) is 0 Å². The number of allylic oxidation sites excluding steroid dienone is 1. The van der Waals surface area contributed by atoms with Gasteiger partial charge in [0.25, 0.3) is 0 Å². The van der Waals surface area contributed by atoms with Crippen molar-refractivity contribution in [3.63, 3.8) is 0 Å². The highest BCUT2D eigenvalue weighted by molar-refractivity contribution is 5.80. The van der Waals surface area contributed by atoms with Crippen LogP contribution < -0.4 is 0 Å². The first-order valence-corrected chi connectivity index (χ1v) is 10.1. The van der Waals surface area contributed by atoms with Crippen molar-refractivity contribution in [1.29, 1.82) is 5.41 Å². The van der Waals surface area contributed by atoms with Gasteiger partial charge in [-0.3, -0.25) is 4.98 Å². The number of nitrogens with zero attached hydrogens (tertiary/aromatic N) is 1. The van der Waals surface area contributed by atoms with Gasteiger partial charge in [0.05, 0.1) is 5.52 Å². The second kappa shape index (κ2) is 15.8. The predicted octanol–water partition coefficient (Wildman–Crippen LogP) is 7.89. The van der Waals surface area contributed by atoms with Crippen LogP contribution in [0.1, 0.15) is 39.0 Å². The monoisotopic (exact) mass is 389 g/mol. The van der Waals surface area contributed by atoms with Crippen molar-refractivity contribution in [2.24, 2.45) is 0 Å². The van der Waals surface area contributed by atoms with Gasteiger partial charge >= 0.3 is 0 Å². The summed E-state index contributed by atoms with van der Waals surface area (Å²) >= 11 is 0. The van der Waals surface area contributed by atoms with Gasteiger partial charge in [0.15, 0.2) is 0 Å². The van der Waals surface area contributed by atoms with E-state index in [1.165, 1.54) is 33.6 Å². The Balaban J connectivity index is 0.000000403. The number of para-hydroxylation sites is 1. The maximum Gasteiger partial charge on any atom is 0.0704 e. The number of aryl methyl sites for hydroxylation is 2. The van der Waals surface area contributed by atoms with E-state index in [9.17, 15) is 0 Å². The molecule has 2 aromatic carbocycles. The molecule has 4 rings (SSSR count). The molecule has 0 spiro atoms. The van der Waals surface area contributed by atoms with Gasteiger partial charge in [0, 0.05) is 29.0 Å². The van der Waals surface area contributed by atoms with Crippen LogP contribution in [0, 0.1) is 19.3 Å². The van der Waals surface area contributed by atoms with Crippen molar-refractivity contribution in [2.45, 2.75) is 41.5 Å². The molecule has 0 fully saturated rings. The zero-order valence-electron chi connectivity index (χ0n) is 18.7. The fourth-order valence-corrected chi connectivity index (χ4v) is 2.39. The number of aromatic nitrogens is 2. The molecule has 0 unspecified atom stereocenters. The van der Waals surface area contributed by atoms with Gasteiger partial charge in [-0.25, -0.2) is 0 Å². The highest BCUT2D eigenvalue weighted by Crippen LogP contribution is 2.13. The zero-order chi connectivity index (χ0) is 22.1. The van der Waals surface area contributed by atoms with Gasteiger partial charge in [-0.05, 0) is 49.1 Å². The zero-order valence-corrected chi connectivity index (χ0v) is 18.7. The minimum atomic E-state index is 1.08. The standard InChI is InChI=1S/C10H9N.C9H9N.C3H5N.2C2H6/c1-8-4-5-9-3-2-6-11-10(9)7-8;1-7-6-8-4-2-3-5-9(8)10-7;1-2-3-4;2*1-2/h2-7H,1H3;2-6,10H,1H3;2-4H,1H2;2*1-2H3. The van der Waals surface area contributed by atoms with Crippen molar-refractivity contribution >= 4 is 28.0 Å². The highest BCUT2D eigenvalue weighted by atomic mass is 14.7. The van der Waals surface area contributed by atoms with E-state index in [1.807, 2.05) is 46.0 Å². The fraction of sp³-hybridized carbons (Fsp3) is 0.231. The molecule has 0 bridgehead atoms. The Hall–Kier alpha value is -3.20. The van der Waals surface area contributed by atoms with Crippen LogP contribution >= 0.6 is 0 Å². The Kier molecular flexibility index (Phi) is 14.1. The molecule has 4 aromatic rings. The molecular formula is C26H35N3. The maximum atomic E-state index is 6.21. The summed E-state index contributed by atoms with van der Waals surface area (Å²) in [6.45, 7) is 15.4. The number of pyridine rings is 1. The molecule has 0 saturated heterocycles. The lowest BCUT2D eigenvalue weighted by Crippen LogP contribution is -1.77. The van der Waals surface area contributed by atoms with Crippen LogP contribution in [-0.2, 0) is 0 Å². The van der Waals surface area contributed by atoms with Crippen molar-refractivity contribution in [3.8, 4) is 0 Å². The quantitative estimate of drug-likeness (QED) is 0.319. The van der Waals surface area contributed by atoms with E-state index in [0.29, 0.717) is 0 Å². The van der Waals surface area contributed by atoms with Gasteiger partial charge in [0.2, 0.25) is 0 Å². The molecule has 0 aliphatic heterocycles. The van der Waals surface area contributed by atoms with Gasteiger partial charge in [-0.15, -0.1) is 0 Å². The third-order valence-electron chi connectivity index (χ3n) is 3.54. The van der Waals surface area contributed by atoms with E-state index in [2.05, 4.69) is 78.9 Å². The Bertz CT molecular complexity index is 929. The highest BCUT2D eigenvalue weighted by Gasteiger charge is 1.92. The minimum Gasteiger partial charge on any atom is -0.359 e. The van der Waals surface area contributed by atoms with Gasteiger partial charge in [-0.1, -0.05) is 76.7 Å². The van der Waals surface area contributed by atoms with Crippen LogP contribution in [0.25, 0.3) is 21.8 Å². The van der Waals surface area contributed by atoms with Crippen LogP contribution in [0.5, 0.6) is 0 Å². The molecule has 0 saturated carbocycles. The molecule has 0 aliphatic rings. The van der Waals surface area contributed by atoms with Crippen molar-refractivity contribution in [1.82, 2.24) is 9.97 Å². The van der Waals surface area contributed by atoms with E-state index in [0.717, 1.165) is 11.7 Å². The maximum absolute atomic E-state index is 6.21. The fourth-order valence-electron chi connectivity index (χ4n) is 2.39. The molecule has 29 heavy (non-hydrogen) atoms. The van der Waals surface area contributed by atoms with Crippen molar-refractivity contribution in [3.05, 3.63) is 90.8 Å². The number of rotatable bonds is 1. The Labute approximate surface area is 176 Å². The number of hydrogen-bond donors (Lipinski definition) is 2. The second-order valence-electron chi connectivity index (χ2n) is 5.64. The number of nitrogens with one attached hydrogen (secondary N) is 2. The summed E-state index contributed by atoms with van der Waals surface area (Å²) in [7, 11) is 0. The van der Waals surface area contributed by atoms with Gasteiger partial charge in [0.1, 0.15) is 0 Å².